The third-order valence-corrected chi connectivity index (χ3v) is 4.96. The molecule has 0 radical (unpaired) electrons. The van der Waals surface area contributed by atoms with E-state index in [2.05, 4.69) is 31.2 Å². The van der Waals surface area contributed by atoms with Crippen LogP contribution in [0.3, 0.4) is 0 Å². The fourth-order valence-corrected chi connectivity index (χ4v) is 3.39. The Bertz CT molecular complexity index is 526. The lowest BCUT2D eigenvalue weighted by molar-refractivity contribution is 0.384. The van der Waals surface area contributed by atoms with E-state index in [4.69, 9.17) is 11.5 Å². The van der Waals surface area contributed by atoms with Crippen LogP contribution in [0.2, 0.25) is 0 Å². The molecular weight excluding hydrogens is 292 g/mol. The Labute approximate surface area is 147 Å². The molecule has 0 aromatic heterocycles. The highest BCUT2D eigenvalue weighted by atomic mass is 14.9. The topological polar surface area (TPSA) is 52.0 Å². The fraction of sp³-hybridized carbons (Fsp3) is 0.455. The summed E-state index contributed by atoms with van der Waals surface area (Å²) in [5.41, 5.74) is 15.1. The van der Waals surface area contributed by atoms with E-state index < -0.39 is 5.54 Å². The van der Waals surface area contributed by atoms with Gasteiger partial charge in [-0.25, -0.2) is 0 Å². The van der Waals surface area contributed by atoms with Crippen LogP contribution in [0.4, 0.5) is 0 Å². The zero-order chi connectivity index (χ0) is 17.3. The van der Waals surface area contributed by atoms with Crippen LogP contribution in [0.25, 0.3) is 0 Å². The van der Waals surface area contributed by atoms with Gasteiger partial charge in [0.2, 0.25) is 0 Å². The summed E-state index contributed by atoms with van der Waals surface area (Å²) < 4.78 is 0. The number of nitrogens with two attached hydrogens (primary N) is 2. The third-order valence-electron chi connectivity index (χ3n) is 4.96. The van der Waals surface area contributed by atoms with Gasteiger partial charge in [0, 0.05) is 6.04 Å². The molecule has 0 saturated heterocycles. The number of hydrogen-bond acceptors (Lipinski definition) is 2. The molecule has 0 heterocycles. The third kappa shape index (κ3) is 4.68. The lowest BCUT2D eigenvalue weighted by Crippen LogP contribution is -2.53. The van der Waals surface area contributed by atoms with Crippen molar-refractivity contribution in [3.05, 3.63) is 71.8 Å². The first-order valence-electron chi connectivity index (χ1n) is 9.35. The van der Waals surface area contributed by atoms with E-state index in [0.717, 1.165) is 24.0 Å². The zero-order valence-electron chi connectivity index (χ0n) is 15.0. The first kappa shape index (κ1) is 18.7. The highest BCUT2D eigenvalue weighted by Crippen LogP contribution is 2.31. The van der Waals surface area contributed by atoms with Crippen LogP contribution in [-0.2, 0) is 5.54 Å². The molecule has 0 aliphatic carbocycles. The van der Waals surface area contributed by atoms with Crippen LogP contribution < -0.4 is 11.5 Å². The number of rotatable bonds is 10. The van der Waals surface area contributed by atoms with Crippen molar-refractivity contribution in [2.24, 2.45) is 11.5 Å². The SMILES string of the molecule is CCCCCCCCC(N)C(N)(c1ccccc1)c1ccccc1. The summed E-state index contributed by atoms with van der Waals surface area (Å²) in [4.78, 5) is 0. The number of benzene rings is 2. The van der Waals surface area contributed by atoms with Gasteiger partial charge < -0.3 is 11.5 Å². The lowest BCUT2D eigenvalue weighted by atomic mass is 9.76. The van der Waals surface area contributed by atoms with Crippen LogP contribution in [0.5, 0.6) is 0 Å². The number of unbranched alkanes of at least 4 members (excludes halogenated alkanes) is 5. The minimum atomic E-state index is -0.633. The van der Waals surface area contributed by atoms with Crippen LogP contribution >= 0.6 is 0 Å². The van der Waals surface area contributed by atoms with Gasteiger partial charge in [-0.05, 0) is 17.5 Å². The van der Waals surface area contributed by atoms with Crippen LogP contribution in [0.1, 0.15) is 63.0 Å². The first-order valence-corrected chi connectivity index (χ1v) is 9.35. The molecule has 0 bridgehead atoms. The highest BCUT2D eigenvalue weighted by molar-refractivity contribution is 5.39. The monoisotopic (exact) mass is 324 g/mol. The first-order chi connectivity index (χ1) is 11.7. The highest BCUT2D eigenvalue weighted by Gasteiger charge is 2.35. The maximum atomic E-state index is 6.92. The molecule has 2 nitrogen and oxygen atoms in total. The average molecular weight is 325 g/mol. The van der Waals surface area contributed by atoms with Gasteiger partial charge in [0.15, 0.2) is 0 Å². The van der Waals surface area contributed by atoms with Gasteiger partial charge in [-0.15, -0.1) is 0 Å². The molecule has 0 saturated carbocycles. The predicted molar refractivity (Wildman–Crippen MR) is 104 cm³/mol. The van der Waals surface area contributed by atoms with Gasteiger partial charge in [0.25, 0.3) is 0 Å². The van der Waals surface area contributed by atoms with Gasteiger partial charge in [-0.3, -0.25) is 0 Å². The van der Waals surface area contributed by atoms with Crippen LogP contribution in [-0.4, -0.2) is 6.04 Å². The molecule has 0 amide bonds. The normalized spacial score (nSPS) is 13.0. The Kier molecular flexibility index (Phi) is 7.48. The van der Waals surface area contributed by atoms with Crippen molar-refractivity contribution >= 4 is 0 Å². The summed E-state index contributed by atoms with van der Waals surface area (Å²) in [6.07, 6.45) is 8.59. The minimum absolute atomic E-state index is 0.0894. The molecule has 2 aromatic rings. The average Bonchev–Trinajstić information content (AvgIpc) is 2.65. The Morgan fingerprint density at radius 3 is 1.71 bits per heavy atom. The maximum Gasteiger partial charge on any atom is 0.0819 e. The minimum Gasteiger partial charge on any atom is -0.326 e. The van der Waals surface area contributed by atoms with E-state index in [0.29, 0.717) is 0 Å². The summed E-state index contributed by atoms with van der Waals surface area (Å²) >= 11 is 0. The smallest absolute Gasteiger partial charge is 0.0819 e. The van der Waals surface area contributed by atoms with E-state index in [1.54, 1.807) is 0 Å². The summed E-state index contributed by atoms with van der Waals surface area (Å²) in [5.74, 6) is 0. The lowest BCUT2D eigenvalue weighted by Gasteiger charge is -2.36. The second-order valence-electron chi connectivity index (χ2n) is 6.76. The standard InChI is InChI=1S/C22H32N2/c1-2-3-4-5-6-13-18-21(23)22(24,19-14-9-7-10-15-19)20-16-11-8-12-17-20/h7-12,14-17,21H,2-6,13,18,23-24H2,1H3. The van der Waals surface area contributed by atoms with Crippen LogP contribution in [0.15, 0.2) is 60.7 Å². The molecule has 1 atom stereocenters. The molecule has 0 fully saturated rings. The van der Waals surface area contributed by atoms with Gasteiger partial charge in [0.1, 0.15) is 0 Å². The van der Waals surface area contributed by atoms with E-state index >= 15 is 0 Å². The van der Waals surface area contributed by atoms with Crippen molar-refractivity contribution in [3.63, 3.8) is 0 Å². The molecule has 4 N–H and O–H groups in total. The van der Waals surface area contributed by atoms with E-state index in [1.807, 2.05) is 36.4 Å². The van der Waals surface area contributed by atoms with Gasteiger partial charge >= 0.3 is 0 Å². The Balaban J connectivity index is 2.09. The molecule has 0 aliphatic heterocycles. The summed E-state index contributed by atoms with van der Waals surface area (Å²) in [5, 5.41) is 0. The van der Waals surface area contributed by atoms with E-state index in [1.165, 1.54) is 32.1 Å². The van der Waals surface area contributed by atoms with Crippen molar-refractivity contribution in [2.75, 3.05) is 0 Å². The molecular formula is C22H32N2. The zero-order valence-corrected chi connectivity index (χ0v) is 15.0. The fourth-order valence-electron chi connectivity index (χ4n) is 3.39. The van der Waals surface area contributed by atoms with Gasteiger partial charge in [-0.2, -0.15) is 0 Å². The van der Waals surface area contributed by atoms with Crippen molar-refractivity contribution in [3.8, 4) is 0 Å². The van der Waals surface area contributed by atoms with E-state index in [9.17, 15) is 0 Å². The largest absolute Gasteiger partial charge is 0.326 e. The van der Waals surface area contributed by atoms with Crippen molar-refractivity contribution in [1.82, 2.24) is 0 Å². The molecule has 0 aliphatic rings. The predicted octanol–water partition coefficient (Wildman–Crippen LogP) is 4.97. The summed E-state index contributed by atoms with van der Waals surface area (Å²) in [6.45, 7) is 2.25. The second kappa shape index (κ2) is 9.61. The number of hydrogen-bond donors (Lipinski definition) is 2. The second-order valence-corrected chi connectivity index (χ2v) is 6.76. The Morgan fingerprint density at radius 1 is 0.750 bits per heavy atom. The molecule has 1 unspecified atom stereocenters. The molecule has 2 aromatic carbocycles. The van der Waals surface area contributed by atoms with Crippen molar-refractivity contribution in [2.45, 2.75) is 63.5 Å². The van der Waals surface area contributed by atoms with Crippen LogP contribution in [0, 0.1) is 0 Å². The molecule has 24 heavy (non-hydrogen) atoms. The quantitative estimate of drug-likeness (QED) is 0.606. The molecule has 2 heteroatoms. The van der Waals surface area contributed by atoms with E-state index in [-0.39, 0.29) is 6.04 Å². The Morgan fingerprint density at radius 2 is 1.21 bits per heavy atom. The molecule has 130 valence electrons. The van der Waals surface area contributed by atoms with Gasteiger partial charge in [-0.1, -0.05) is 106 Å². The maximum absolute atomic E-state index is 6.92. The Hall–Kier alpha value is -1.64. The molecule has 0 spiro atoms. The van der Waals surface area contributed by atoms with Crippen molar-refractivity contribution < 1.29 is 0 Å². The summed E-state index contributed by atoms with van der Waals surface area (Å²) in [7, 11) is 0. The van der Waals surface area contributed by atoms with Gasteiger partial charge in [0.05, 0.1) is 5.54 Å². The summed E-state index contributed by atoms with van der Waals surface area (Å²) in [6, 6.07) is 20.5. The van der Waals surface area contributed by atoms with Crippen molar-refractivity contribution in [1.29, 1.82) is 0 Å². The molecule has 2 rings (SSSR count).